The lowest BCUT2D eigenvalue weighted by Gasteiger charge is -2.19. The van der Waals surface area contributed by atoms with E-state index in [1.54, 1.807) is 23.1 Å². The van der Waals surface area contributed by atoms with Crippen molar-refractivity contribution in [3.63, 3.8) is 0 Å². The maximum Gasteiger partial charge on any atom is 0.257 e. The molecule has 0 spiro atoms. The van der Waals surface area contributed by atoms with E-state index in [9.17, 15) is 0 Å². The summed E-state index contributed by atoms with van der Waals surface area (Å²) in [6.45, 7) is 2.10. The van der Waals surface area contributed by atoms with Gasteiger partial charge in [-0.1, -0.05) is 30.8 Å². The fourth-order valence-electron chi connectivity index (χ4n) is 2.06. The molecular formula is C15H15BrN2OS2. The summed E-state index contributed by atoms with van der Waals surface area (Å²) in [5.41, 5.74) is 8.00. The molecule has 0 saturated carbocycles. The van der Waals surface area contributed by atoms with Crippen LogP contribution in [0.2, 0.25) is 0 Å². The number of hydrogen-bond acceptors (Lipinski definition) is 5. The standard InChI is InChI=1S/C15H15BrN2OS2/c1-2-9(17)14(12-7-8-13(16)20-12)21-15-18-10-5-3-4-6-11(10)19-15/h3-9,14H,2,17H2,1H3. The Bertz CT molecular complexity index is 707. The van der Waals surface area contributed by atoms with Gasteiger partial charge >= 0.3 is 0 Å². The van der Waals surface area contributed by atoms with Crippen LogP contribution in [0.4, 0.5) is 0 Å². The number of oxazole rings is 1. The summed E-state index contributed by atoms with van der Waals surface area (Å²) in [5, 5.41) is 0.828. The molecule has 2 unspecified atom stereocenters. The Kier molecular flexibility index (Phi) is 4.69. The number of nitrogens with zero attached hydrogens (tertiary/aromatic N) is 1. The SMILES string of the molecule is CCC(N)C(Sc1nc2ccccc2o1)c1ccc(Br)s1. The zero-order valence-corrected chi connectivity index (χ0v) is 14.7. The van der Waals surface area contributed by atoms with Crippen molar-refractivity contribution in [1.82, 2.24) is 4.98 Å². The number of hydrogen-bond donors (Lipinski definition) is 1. The van der Waals surface area contributed by atoms with Gasteiger partial charge in [0.2, 0.25) is 0 Å². The molecule has 21 heavy (non-hydrogen) atoms. The van der Waals surface area contributed by atoms with Gasteiger partial charge in [0.1, 0.15) is 5.52 Å². The largest absolute Gasteiger partial charge is 0.431 e. The van der Waals surface area contributed by atoms with E-state index in [2.05, 4.69) is 40.0 Å². The average molecular weight is 383 g/mol. The molecular weight excluding hydrogens is 368 g/mol. The van der Waals surface area contributed by atoms with E-state index in [0.717, 1.165) is 21.3 Å². The van der Waals surface area contributed by atoms with E-state index < -0.39 is 0 Å². The van der Waals surface area contributed by atoms with Crippen LogP contribution >= 0.6 is 39.0 Å². The normalized spacial score (nSPS) is 14.4. The Hall–Kier alpha value is -0.820. The maximum atomic E-state index is 6.30. The van der Waals surface area contributed by atoms with Gasteiger partial charge in [-0.3, -0.25) is 0 Å². The fourth-order valence-corrected chi connectivity index (χ4v) is 4.90. The predicted octanol–water partition coefficient (Wildman–Crippen LogP) is 5.22. The predicted molar refractivity (Wildman–Crippen MR) is 92.9 cm³/mol. The molecule has 2 atom stereocenters. The van der Waals surface area contributed by atoms with Crippen molar-refractivity contribution in [2.24, 2.45) is 5.73 Å². The monoisotopic (exact) mass is 382 g/mol. The number of thiophene rings is 1. The molecule has 3 nitrogen and oxygen atoms in total. The molecule has 6 heteroatoms. The second kappa shape index (κ2) is 6.52. The zero-order chi connectivity index (χ0) is 14.8. The summed E-state index contributed by atoms with van der Waals surface area (Å²) >= 11 is 6.83. The number of para-hydroxylation sites is 2. The van der Waals surface area contributed by atoms with Crippen molar-refractivity contribution < 1.29 is 4.42 Å². The topological polar surface area (TPSA) is 52.0 Å². The van der Waals surface area contributed by atoms with Gasteiger partial charge in [-0.05, 0) is 46.6 Å². The highest BCUT2D eigenvalue weighted by molar-refractivity contribution is 9.11. The molecule has 1 aromatic carbocycles. The molecule has 0 fully saturated rings. The van der Waals surface area contributed by atoms with Crippen LogP contribution in [-0.4, -0.2) is 11.0 Å². The van der Waals surface area contributed by atoms with Crippen molar-refractivity contribution in [3.05, 3.63) is 45.1 Å². The number of nitrogens with two attached hydrogens (primary N) is 1. The first-order valence-electron chi connectivity index (χ1n) is 6.70. The third-order valence-corrected chi connectivity index (χ3v) is 6.33. The fraction of sp³-hybridized carbons (Fsp3) is 0.267. The van der Waals surface area contributed by atoms with E-state index >= 15 is 0 Å². The third kappa shape index (κ3) is 3.34. The molecule has 3 aromatic rings. The minimum Gasteiger partial charge on any atom is -0.431 e. The van der Waals surface area contributed by atoms with Gasteiger partial charge in [0.05, 0.1) is 9.04 Å². The number of halogens is 1. The van der Waals surface area contributed by atoms with Gasteiger partial charge in [0, 0.05) is 10.9 Å². The summed E-state index contributed by atoms with van der Waals surface area (Å²) in [6.07, 6.45) is 0.910. The van der Waals surface area contributed by atoms with Gasteiger partial charge in [-0.25, -0.2) is 4.98 Å². The van der Waals surface area contributed by atoms with Gasteiger partial charge in [0.15, 0.2) is 5.58 Å². The molecule has 0 aliphatic carbocycles. The average Bonchev–Trinajstić information content (AvgIpc) is 3.09. The quantitative estimate of drug-likeness (QED) is 0.614. The van der Waals surface area contributed by atoms with Gasteiger partial charge < -0.3 is 10.2 Å². The van der Waals surface area contributed by atoms with Crippen LogP contribution in [0.15, 0.2) is 49.8 Å². The van der Waals surface area contributed by atoms with Crippen LogP contribution in [0.25, 0.3) is 11.1 Å². The number of benzene rings is 1. The molecule has 2 heterocycles. The Balaban J connectivity index is 1.90. The summed E-state index contributed by atoms with van der Waals surface area (Å²) in [5.74, 6) is 0. The second-order valence-corrected chi connectivity index (χ2v) is 8.29. The van der Waals surface area contributed by atoms with Crippen molar-refractivity contribution in [2.75, 3.05) is 0 Å². The van der Waals surface area contributed by atoms with Crippen LogP contribution in [0.3, 0.4) is 0 Å². The highest BCUT2D eigenvalue weighted by atomic mass is 79.9. The Morgan fingerprint density at radius 2 is 2.14 bits per heavy atom. The van der Waals surface area contributed by atoms with E-state index in [1.165, 1.54) is 4.88 Å². The van der Waals surface area contributed by atoms with Crippen molar-refractivity contribution in [3.8, 4) is 0 Å². The molecule has 0 saturated heterocycles. The first-order chi connectivity index (χ1) is 10.2. The number of rotatable bonds is 5. The van der Waals surface area contributed by atoms with Crippen LogP contribution < -0.4 is 5.73 Å². The van der Waals surface area contributed by atoms with Crippen molar-refractivity contribution in [1.29, 1.82) is 0 Å². The van der Waals surface area contributed by atoms with Gasteiger partial charge in [0.25, 0.3) is 5.22 Å². The molecule has 3 rings (SSSR count). The molecule has 0 radical (unpaired) electrons. The second-order valence-electron chi connectivity index (χ2n) is 4.70. The maximum absolute atomic E-state index is 6.30. The Labute approximate surface area is 140 Å². The summed E-state index contributed by atoms with van der Waals surface area (Å²) in [6, 6.07) is 12.0. The van der Waals surface area contributed by atoms with Gasteiger partial charge in [-0.2, -0.15) is 0 Å². The Morgan fingerprint density at radius 1 is 1.33 bits per heavy atom. The third-order valence-electron chi connectivity index (χ3n) is 3.24. The molecule has 0 aliphatic rings. The summed E-state index contributed by atoms with van der Waals surface area (Å²) in [4.78, 5) is 5.77. The van der Waals surface area contributed by atoms with E-state index in [-0.39, 0.29) is 11.3 Å². The molecule has 110 valence electrons. The lowest BCUT2D eigenvalue weighted by Crippen LogP contribution is -2.25. The molecule has 0 aliphatic heterocycles. The van der Waals surface area contributed by atoms with E-state index in [0.29, 0.717) is 5.22 Å². The van der Waals surface area contributed by atoms with Crippen LogP contribution in [-0.2, 0) is 0 Å². The molecule has 2 N–H and O–H groups in total. The van der Waals surface area contributed by atoms with Crippen molar-refractivity contribution in [2.45, 2.75) is 29.9 Å². The minimum atomic E-state index is 0.0653. The lowest BCUT2D eigenvalue weighted by atomic mass is 10.1. The smallest absolute Gasteiger partial charge is 0.257 e. The highest BCUT2D eigenvalue weighted by Gasteiger charge is 2.24. The molecule has 2 aromatic heterocycles. The minimum absolute atomic E-state index is 0.0653. The summed E-state index contributed by atoms with van der Waals surface area (Å²) in [7, 11) is 0. The first-order valence-corrected chi connectivity index (χ1v) is 9.19. The number of thioether (sulfide) groups is 1. The first kappa shape index (κ1) is 15.1. The number of fused-ring (bicyclic) bond motifs is 1. The Morgan fingerprint density at radius 3 is 2.81 bits per heavy atom. The van der Waals surface area contributed by atoms with E-state index in [1.807, 2.05) is 24.3 Å². The van der Waals surface area contributed by atoms with Crippen LogP contribution in [0.1, 0.15) is 23.5 Å². The van der Waals surface area contributed by atoms with Gasteiger partial charge in [-0.15, -0.1) is 11.3 Å². The molecule has 0 amide bonds. The zero-order valence-electron chi connectivity index (χ0n) is 11.5. The lowest BCUT2D eigenvalue weighted by molar-refractivity contribution is 0.486. The van der Waals surface area contributed by atoms with Crippen LogP contribution in [0, 0.1) is 0 Å². The number of aromatic nitrogens is 1. The highest BCUT2D eigenvalue weighted by Crippen LogP contribution is 2.42. The van der Waals surface area contributed by atoms with Crippen LogP contribution in [0.5, 0.6) is 0 Å². The molecule has 0 bridgehead atoms. The van der Waals surface area contributed by atoms with E-state index in [4.69, 9.17) is 10.2 Å². The van der Waals surface area contributed by atoms with Crippen molar-refractivity contribution >= 4 is 50.1 Å². The summed E-state index contributed by atoms with van der Waals surface area (Å²) < 4.78 is 6.93.